The number of benzene rings is 1. The van der Waals surface area contributed by atoms with Gasteiger partial charge in [-0.15, -0.1) is 0 Å². The van der Waals surface area contributed by atoms with Gasteiger partial charge in [0.25, 0.3) is 0 Å². The molecular weight excluding hydrogens is 456 g/mol. The molecule has 0 N–H and O–H groups in total. The van der Waals surface area contributed by atoms with Crippen molar-refractivity contribution in [3.63, 3.8) is 0 Å². The summed E-state index contributed by atoms with van der Waals surface area (Å²) in [5, 5.41) is -0.00139. The Balaban J connectivity index is 3.48. The van der Waals surface area contributed by atoms with Gasteiger partial charge in [-0.05, 0) is 43.0 Å². The van der Waals surface area contributed by atoms with Crippen LogP contribution in [-0.2, 0) is 21.9 Å². The third-order valence-electron chi connectivity index (χ3n) is 3.69. The van der Waals surface area contributed by atoms with Gasteiger partial charge >= 0.3 is 18.3 Å². The molecule has 0 amide bonds. The van der Waals surface area contributed by atoms with Gasteiger partial charge in [-0.3, -0.25) is 4.99 Å². The van der Waals surface area contributed by atoms with Crippen LogP contribution in [0.25, 0.3) is 0 Å². The molecule has 1 aromatic rings. The number of aliphatic imine (C=N–C) groups is 1. The fourth-order valence-corrected chi connectivity index (χ4v) is 3.13. The molecule has 10 heteroatoms. The molecule has 28 heavy (non-hydrogen) atoms. The van der Waals surface area contributed by atoms with Gasteiger partial charge in [0.1, 0.15) is 0 Å². The Bertz CT molecular complexity index is 683. The van der Waals surface area contributed by atoms with Crippen LogP contribution in [0.2, 0.25) is 0 Å². The highest BCUT2D eigenvalue weighted by molar-refractivity contribution is 9.09. The molecule has 0 radical (unpaired) electrons. The van der Waals surface area contributed by atoms with Crippen molar-refractivity contribution < 1.29 is 35.9 Å². The lowest BCUT2D eigenvalue weighted by atomic mass is 9.91. The first-order valence-electron chi connectivity index (χ1n) is 8.33. The number of hydrogen-bond acceptors (Lipinski definition) is 3. The number of rotatable bonds is 7. The first-order chi connectivity index (χ1) is 12.7. The summed E-state index contributed by atoms with van der Waals surface area (Å²) < 4.78 is 82.9. The van der Waals surface area contributed by atoms with Crippen LogP contribution in [0, 0.1) is 5.92 Å². The Morgan fingerprint density at radius 1 is 1.11 bits per heavy atom. The highest BCUT2D eigenvalue weighted by Gasteiger charge is 2.40. The van der Waals surface area contributed by atoms with E-state index < -0.39 is 40.6 Å². The van der Waals surface area contributed by atoms with Gasteiger partial charge in [-0.1, -0.05) is 29.8 Å². The van der Waals surface area contributed by atoms with Crippen LogP contribution >= 0.6 is 15.9 Å². The van der Waals surface area contributed by atoms with Crippen LogP contribution in [0.5, 0.6) is 0 Å². The van der Waals surface area contributed by atoms with Gasteiger partial charge in [0.05, 0.1) is 17.7 Å². The fraction of sp³-hybridized carbons (Fsp3) is 0.556. The third-order valence-corrected chi connectivity index (χ3v) is 4.62. The number of nitrogens with zero attached hydrogens (tertiary/aromatic N) is 1. The van der Waals surface area contributed by atoms with Gasteiger partial charge in [-0.25, -0.2) is 4.79 Å². The Morgan fingerprint density at radius 3 is 1.96 bits per heavy atom. The molecule has 1 aromatic carbocycles. The maximum absolute atomic E-state index is 13.0. The van der Waals surface area contributed by atoms with Crippen molar-refractivity contribution in [3.05, 3.63) is 34.9 Å². The molecule has 0 spiro atoms. The molecule has 0 bridgehead atoms. The van der Waals surface area contributed by atoms with Crippen molar-refractivity contribution in [2.75, 3.05) is 11.9 Å². The van der Waals surface area contributed by atoms with Crippen molar-refractivity contribution in [2.45, 2.75) is 45.1 Å². The maximum atomic E-state index is 13.0. The Kier molecular flexibility index (Phi) is 8.10. The molecule has 0 aromatic heterocycles. The molecule has 1 rings (SSSR count). The number of ether oxygens (including phenoxy) is 1. The van der Waals surface area contributed by atoms with Gasteiger partial charge < -0.3 is 4.74 Å². The van der Waals surface area contributed by atoms with Gasteiger partial charge in [-0.2, -0.15) is 26.3 Å². The number of carbonyl (C=O) groups excluding carboxylic acids is 1. The molecule has 0 saturated heterocycles. The Labute approximate surface area is 167 Å². The predicted octanol–water partition coefficient (Wildman–Crippen LogP) is 5.89. The SMILES string of the molecule is CCOC(=O)C(CBr)(CC(C)C)N=Cc1cc(C(F)(F)F)cc(C(F)(F)F)c1. The van der Waals surface area contributed by atoms with Crippen molar-refractivity contribution in [2.24, 2.45) is 10.9 Å². The average Bonchev–Trinajstić information content (AvgIpc) is 2.56. The average molecular weight is 476 g/mol. The fourth-order valence-electron chi connectivity index (χ4n) is 2.52. The summed E-state index contributed by atoms with van der Waals surface area (Å²) in [7, 11) is 0. The summed E-state index contributed by atoms with van der Waals surface area (Å²) in [6, 6.07) is 1.14. The van der Waals surface area contributed by atoms with Gasteiger partial charge in [0.15, 0.2) is 5.54 Å². The lowest BCUT2D eigenvalue weighted by Crippen LogP contribution is -2.41. The molecule has 0 aliphatic rings. The van der Waals surface area contributed by atoms with Crippen LogP contribution in [0.3, 0.4) is 0 Å². The van der Waals surface area contributed by atoms with E-state index in [1.807, 2.05) is 0 Å². The predicted molar refractivity (Wildman–Crippen MR) is 96.7 cm³/mol. The van der Waals surface area contributed by atoms with Crippen LogP contribution in [-0.4, -0.2) is 29.7 Å². The van der Waals surface area contributed by atoms with Gasteiger partial charge in [0, 0.05) is 11.5 Å². The summed E-state index contributed by atoms with van der Waals surface area (Å²) in [6.07, 6.45) is -8.88. The van der Waals surface area contributed by atoms with E-state index >= 15 is 0 Å². The monoisotopic (exact) mass is 475 g/mol. The summed E-state index contributed by atoms with van der Waals surface area (Å²) in [5.74, 6) is -0.744. The lowest BCUT2D eigenvalue weighted by Gasteiger charge is -2.27. The molecule has 0 fully saturated rings. The van der Waals surface area contributed by atoms with Crippen LogP contribution < -0.4 is 0 Å². The van der Waals surface area contributed by atoms with E-state index in [1.54, 1.807) is 20.8 Å². The quantitative estimate of drug-likeness (QED) is 0.213. The maximum Gasteiger partial charge on any atom is 0.416 e. The second kappa shape index (κ2) is 9.28. The second-order valence-corrected chi connectivity index (χ2v) is 7.14. The number of carbonyl (C=O) groups is 1. The molecule has 1 atom stereocenters. The number of halogens is 7. The van der Waals surface area contributed by atoms with Crippen molar-refractivity contribution in [1.82, 2.24) is 0 Å². The van der Waals surface area contributed by atoms with E-state index in [1.165, 1.54) is 0 Å². The second-order valence-electron chi connectivity index (χ2n) is 6.58. The van der Waals surface area contributed by atoms with Gasteiger partial charge in [0.2, 0.25) is 0 Å². The molecule has 0 heterocycles. The van der Waals surface area contributed by atoms with E-state index in [0.717, 1.165) is 6.21 Å². The number of esters is 1. The summed E-state index contributed by atoms with van der Waals surface area (Å²) in [6.45, 7) is 5.25. The molecule has 0 aliphatic carbocycles. The minimum absolute atomic E-state index is 0.00139. The standard InChI is InChI=1S/C18H20BrF6NO2/c1-4-28-15(27)16(10-19,8-11(2)3)26-9-12-5-13(17(20,21)22)7-14(6-12)18(23,24)25/h5-7,9,11H,4,8,10H2,1-3H3. The zero-order valence-electron chi connectivity index (χ0n) is 15.4. The first-order valence-corrected chi connectivity index (χ1v) is 9.45. The Hall–Kier alpha value is -1.58. The summed E-state index contributed by atoms with van der Waals surface area (Å²) in [5.41, 5.74) is -4.78. The first kappa shape index (κ1) is 24.5. The lowest BCUT2D eigenvalue weighted by molar-refractivity contribution is -0.149. The summed E-state index contributed by atoms with van der Waals surface area (Å²) in [4.78, 5) is 16.4. The number of alkyl halides is 7. The Morgan fingerprint density at radius 2 is 1.61 bits per heavy atom. The molecule has 0 aliphatic heterocycles. The smallest absolute Gasteiger partial charge is 0.416 e. The van der Waals surface area contributed by atoms with Crippen molar-refractivity contribution >= 4 is 28.1 Å². The van der Waals surface area contributed by atoms with E-state index in [2.05, 4.69) is 20.9 Å². The minimum Gasteiger partial charge on any atom is -0.464 e. The highest BCUT2D eigenvalue weighted by atomic mass is 79.9. The molecule has 1 unspecified atom stereocenters. The van der Waals surface area contributed by atoms with Crippen molar-refractivity contribution in [3.8, 4) is 0 Å². The van der Waals surface area contributed by atoms with E-state index in [-0.39, 0.29) is 30.3 Å². The van der Waals surface area contributed by atoms with E-state index in [9.17, 15) is 31.1 Å². The normalized spacial score (nSPS) is 15.1. The molecule has 158 valence electrons. The summed E-state index contributed by atoms with van der Waals surface area (Å²) >= 11 is 3.16. The zero-order valence-corrected chi connectivity index (χ0v) is 17.0. The van der Waals surface area contributed by atoms with Crippen LogP contribution in [0.15, 0.2) is 23.2 Å². The third kappa shape index (κ3) is 6.49. The van der Waals surface area contributed by atoms with E-state index in [0.29, 0.717) is 12.1 Å². The highest BCUT2D eigenvalue weighted by Crippen LogP contribution is 2.36. The minimum atomic E-state index is -4.96. The molecule has 3 nitrogen and oxygen atoms in total. The largest absolute Gasteiger partial charge is 0.464 e. The van der Waals surface area contributed by atoms with Crippen LogP contribution in [0.1, 0.15) is 43.9 Å². The molecule has 0 saturated carbocycles. The topological polar surface area (TPSA) is 38.7 Å². The van der Waals surface area contributed by atoms with E-state index in [4.69, 9.17) is 4.74 Å². The molecular formula is C18H20BrF6NO2. The zero-order chi connectivity index (χ0) is 21.8. The van der Waals surface area contributed by atoms with Crippen LogP contribution in [0.4, 0.5) is 26.3 Å². The number of hydrogen-bond donors (Lipinski definition) is 0. The van der Waals surface area contributed by atoms with Crippen molar-refractivity contribution in [1.29, 1.82) is 0 Å².